The van der Waals surface area contributed by atoms with Crippen molar-refractivity contribution in [2.75, 3.05) is 18.4 Å². The second-order valence-electron chi connectivity index (χ2n) is 8.22. The van der Waals surface area contributed by atoms with E-state index in [2.05, 4.69) is 10.00 Å². The fraction of sp³-hybridized carbons (Fsp3) is 0.478. The molecule has 9 heteroatoms. The fourth-order valence-electron chi connectivity index (χ4n) is 4.37. The highest BCUT2D eigenvalue weighted by molar-refractivity contribution is 7.89. The predicted molar refractivity (Wildman–Crippen MR) is 129 cm³/mol. The standard InChI is InChI=1S/C23H30N4O3S2/c1-4-26(5-2)32(29,30)19-13-11-17(12-14-19)24-22(28)21-15-20-16(3)25-27(23(20)31-21)18-9-7-6-8-10-18/h11-15,18H,4-10H2,1-3H3,(H,24,28). The van der Waals surface area contributed by atoms with Crippen molar-refractivity contribution in [1.82, 2.24) is 14.1 Å². The Hall–Kier alpha value is -2.23. The summed E-state index contributed by atoms with van der Waals surface area (Å²) in [5.41, 5.74) is 1.52. The number of hydrogen-bond donors (Lipinski definition) is 1. The molecular formula is C23H30N4O3S2. The van der Waals surface area contributed by atoms with Crippen LogP contribution in [0.3, 0.4) is 0 Å². The van der Waals surface area contributed by atoms with Crippen LogP contribution in [0, 0.1) is 6.92 Å². The van der Waals surface area contributed by atoms with Gasteiger partial charge in [0.2, 0.25) is 10.0 Å². The van der Waals surface area contributed by atoms with Crippen molar-refractivity contribution in [2.24, 2.45) is 0 Å². The van der Waals surface area contributed by atoms with E-state index in [0.29, 0.717) is 29.7 Å². The molecule has 1 saturated carbocycles. The van der Waals surface area contributed by atoms with Gasteiger partial charge in [0.1, 0.15) is 4.83 Å². The number of thiophene rings is 1. The number of rotatable bonds is 7. The van der Waals surface area contributed by atoms with Gasteiger partial charge in [-0.25, -0.2) is 8.42 Å². The lowest BCUT2D eigenvalue weighted by atomic mass is 9.96. The van der Waals surface area contributed by atoms with E-state index in [9.17, 15) is 13.2 Å². The van der Waals surface area contributed by atoms with Crippen LogP contribution in [0.5, 0.6) is 0 Å². The topological polar surface area (TPSA) is 84.3 Å². The lowest BCUT2D eigenvalue weighted by molar-refractivity contribution is 0.103. The van der Waals surface area contributed by atoms with Gasteiger partial charge in [-0.1, -0.05) is 33.1 Å². The molecule has 3 aromatic rings. The molecule has 1 amide bonds. The summed E-state index contributed by atoms with van der Waals surface area (Å²) in [6.45, 7) is 6.46. The number of aromatic nitrogens is 2. The van der Waals surface area contributed by atoms with Gasteiger partial charge in [0.15, 0.2) is 0 Å². The summed E-state index contributed by atoms with van der Waals surface area (Å²) in [6, 6.07) is 8.68. The molecular weight excluding hydrogens is 444 g/mol. The van der Waals surface area contributed by atoms with Crippen LogP contribution in [0.25, 0.3) is 10.2 Å². The lowest BCUT2D eigenvalue weighted by Crippen LogP contribution is -2.30. The third-order valence-electron chi connectivity index (χ3n) is 6.17. The Morgan fingerprint density at radius 2 is 1.81 bits per heavy atom. The van der Waals surface area contributed by atoms with E-state index in [4.69, 9.17) is 5.10 Å². The molecule has 0 aliphatic heterocycles. The molecule has 0 spiro atoms. The second kappa shape index (κ2) is 9.33. The molecule has 172 valence electrons. The summed E-state index contributed by atoms with van der Waals surface area (Å²) in [4.78, 5) is 14.8. The highest BCUT2D eigenvalue weighted by Crippen LogP contribution is 2.35. The van der Waals surface area contributed by atoms with Crippen molar-refractivity contribution in [3.63, 3.8) is 0 Å². The largest absolute Gasteiger partial charge is 0.321 e. The minimum absolute atomic E-state index is 0.194. The van der Waals surface area contributed by atoms with Gasteiger partial charge in [-0.2, -0.15) is 9.40 Å². The van der Waals surface area contributed by atoms with Crippen LogP contribution in [-0.2, 0) is 10.0 Å². The van der Waals surface area contributed by atoms with Gasteiger partial charge >= 0.3 is 0 Å². The molecule has 1 aliphatic carbocycles. The summed E-state index contributed by atoms with van der Waals surface area (Å²) < 4.78 is 28.8. The van der Waals surface area contributed by atoms with E-state index in [1.54, 1.807) is 24.3 Å². The smallest absolute Gasteiger partial charge is 0.265 e. The summed E-state index contributed by atoms with van der Waals surface area (Å²) in [5.74, 6) is -0.194. The maximum atomic E-state index is 12.9. The first kappa shape index (κ1) is 22.9. The Morgan fingerprint density at radius 3 is 2.44 bits per heavy atom. The van der Waals surface area contributed by atoms with E-state index in [1.807, 2.05) is 26.8 Å². The van der Waals surface area contributed by atoms with Crippen molar-refractivity contribution in [1.29, 1.82) is 0 Å². The van der Waals surface area contributed by atoms with Crippen molar-refractivity contribution in [3.05, 3.63) is 40.9 Å². The highest BCUT2D eigenvalue weighted by Gasteiger charge is 2.23. The maximum Gasteiger partial charge on any atom is 0.265 e. The zero-order valence-corrected chi connectivity index (χ0v) is 20.4. The number of sulfonamides is 1. The number of anilines is 1. The number of amides is 1. The molecule has 4 rings (SSSR count). The van der Waals surface area contributed by atoms with Crippen molar-refractivity contribution < 1.29 is 13.2 Å². The Bertz CT molecular complexity index is 1200. The van der Waals surface area contributed by atoms with Gasteiger partial charge in [0.25, 0.3) is 5.91 Å². The number of benzene rings is 1. The fourth-order valence-corrected chi connectivity index (χ4v) is 6.96. The zero-order chi connectivity index (χ0) is 22.9. The molecule has 7 nitrogen and oxygen atoms in total. The number of hydrogen-bond acceptors (Lipinski definition) is 5. The molecule has 0 radical (unpaired) electrons. The first-order valence-electron chi connectivity index (χ1n) is 11.2. The molecule has 2 heterocycles. The van der Waals surface area contributed by atoms with Crippen LogP contribution in [-0.4, -0.2) is 41.5 Å². The normalized spacial score (nSPS) is 15.5. The first-order valence-corrected chi connectivity index (χ1v) is 13.5. The molecule has 1 aliphatic rings. The second-order valence-corrected chi connectivity index (χ2v) is 11.2. The number of nitrogens with one attached hydrogen (secondary N) is 1. The van der Waals surface area contributed by atoms with E-state index in [0.717, 1.165) is 28.8 Å². The minimum atomic E-state index is -3.52. The van der Waals surface area contributed by atoms with Crippen LogP contribution >= 0.6 is 11.3 Å². The number of nitrogens with zero attached hydrogens (tertiary/aromatic N) is 3. The monoisotopic (exact) mass is 474 g/mol. The summed E-state index contributed by atoms with van der Waals surface area (Å²) in [7, 11) is -3.52. The lowest BCUT2D eigenvalue weighted by Gasteiger charge is -2.22. The number of fused-ring (bicyclic) bond motifs is 1. The zero-order valence-electron chi connectivity index (χ0n) is 18.8. The summed E-state index contributed by atoms with van der Waals surface area (Å²) in [5, 5.41) is 8.68. The Morgan fingerprint density at radius 1 is 1.16 bits per heavy atom. The van der Waals surface area contributed by atoms with Crippen LogP contribution in [0.2, 0.25) is 0 Å². The Labute approximate surface area is 193 Å². The van der Waals surface area contributed by atoms with Gasteiger partial charge < -0.3 is 5.32 Å². The van der Waals surface area contributed by atoms with Gasteiger partial charge in [0.05, 0.1) is 21.5 Å². The number of carbonyl (C=O) groups is 1. The molecule has 2 aromatic heterocycles. The third-order valence-corrected chi connectivity index (χ3v) is 9.36. The predicted octanol–water partition coefficient (Wildman–Crippen LogP) is 5.19. The van der Waals surface area contributed by atoms with Crippen molar-refractivity contribution in [3.8, 4) is 0 Å². The SMILES string of the molecule is CCN(CC)S(=O)(=O)c1ccc(NC(=O)c2cc3c(C)nn(C4CCCCC4)c3s2)cc1. The maximum absolute atomic E-state index is 12.9. The number of carbonyl (C=O) groups excluding carboxylic acids is 1. The van der Waals surface area contributed by atoms with E-state index < -0.39 is 10.0 Å². The average molecular weight is 475 g/mol. The quantitative estimate of drug-likeness (QED) is 0.510. The van der Waals surface area contributed by atoms with Crippen LogP contribution in [0.4, 0.5) is 5.69 Å². The molecule has 1 aromatic carbocycles. The summed E-state index contributed by atoms with van der Waals surface area (Å²) in [6.07, 6.45) is 6.01. The van der Waals surface area contributed by atoms with Crippen molar-refractivity contribution in [2.45, 2.75) is 63.8 Å². The van der Waals surface area contributed by atoms with Crippen molar-refractivity contribution >= 4 is 43.2 Å². The van der Waals surface area contributed by atoms with Crippen LogP contribution in [0.15, 0.2) is 35.2 Å². The molecule has 1 fully saturated rings. The molecule has 0 atom stereocenters. The molecule has 1 N–H and O–H groups in total. The van der Waals surface area contributed by atoms with Gasteiger partial charge in [-0.3, -0.25) is 9.48 Å². The minimum Gasteiger partial charge on any atom is -0.321 e. The van der Waals surface area contributed by atoms with Crippen LogP contribution in [0.1, 0.15) is 67.4 Å². The van der Waals surface area contributed by atoms with Crippen LogP contribution < -0.4 is 5.32 Å². The third kappa shape index (κ3) is 4.33. The van der Waals surface area contributed by atoms with E-state index in [1.165, 1.54) is 34.9 Å². The van der Waals surface area contributed by atoms with E-state index in [-0.39, 0.29) is 10.8 Å². The van der Waals surface area contributed by atoms with Gasteiger partial charge in [0, 0.05) is 24.2 Å². The molecule has 32 heavy (non-hydrogen) atoms. The molecule has 0 bridgehead atoms. The Kier molecular flexibility index (Phi) is 6.69. The molecule has 0 unspecified atom stereocenters. The molecule has 0 saturated heterocycles. The van der Waals surface area contributed by atoms with Gasteiger partial charge in [-0.15, -0.1) is 11.3 Å². The average Bonchev–Trinajstić information content (AvgIpc) is 3.36. The number of aryl methyl sites for hydroxylation is 1. The van der Waals surface area contributed by atoms with Gasteiger partial charge in [-0.05, 0) is 50.1 Å². The highest BCUT2D eigenvalue weighted by atomic mass is 32.2. The Balaban J connectivity index is 1.53. The van der Waals surface area contributed by atoms with E-state index >= 15 is 0 Å². The summed E-state index contributed by atoms with van der Waals surface area (Å²) >= 11 is 1.47. The first-order chi connectivity index (χ1) is 15.3.